The first-order valence-electron chi connectivity index (χ1n) is 8.46. The quantitative estimate of drug-likeness (QED) is 0.694. The molecule has 1 aromatic rings. The van der Waals surface area contributed by atoms with Gasteiger partial charge in [-0.3, -0.25) is 9.59 Å². The topological polar surface area (TPSA) is 107 Å². The highest BCUT2D eigenvalue weighted by molar-refractivity contribution is 7.15. The van der Waals surface area contributed by atoms with Crippen molar-refractivity contribution in [3.63, 3.8) is 0 Å². The highest BCUT2D eigenvalue weighted by Gasteiger charge is 2.33. The van der Waals surface area contributed by atoms with Gasteiger partial charge in [0.2, 0.25) is 11.0 Å². The number of nitrogens with one attached hydrogen (secondary N) is 1. The molecule has 1 aliphatic carbocycles. The molecule has 1 saturated carbocycles. The first-order valence-corrected chi connectivity index (χ1v) is 9.28. The summed E-state index contributed by atoms with van der Waals surface area (Å²) in [6.07, 6.45) is 7.67. The fraction of sp³-hybridized carbons (Fsp3) is 0.750. The summed E-state index contributed by atoms with van der Waals surface area (Å²) in [5, 5.41) is 12.2. The Hall–Kier alpha value is -1.54. The molecule has 1 aliphatic rings. The van der Waals surface area contributed by atoms with Crippen molar-refractivity contribution in [2.24, 2.45) is 11.1 Å². The van der Waals surface area contributed by atoms with Gasteiger partial charge in [-0.1, -0.05) is 30.6 Å². The maximum Gasteiger partial charge on any atom is 0.305 e. The van der Waals surface area contributed by atoms with Crippen LogP contribution in [0.25, 0.3) is 0 Å². The Kier molecular flexibility index (Phi) is 7.11. The van der Waals surface area contributed by atoms with Gasteiger partial charge in [-0.15, -0.1) is 10.2 Å². The van der Waals surface area contributed by atoms with Gasteiger partial charge in [0.1, 0.15) is 5.01 Å². The van der Waals surface area contributed by atoms with Crippen molar-refractivity contribution in [1.82, 2.24) is 10.2 Å². The number of ether oxygens (including phenoxy) is 1. The van der Waals surface area contributed by atoms with Crippen molar-refractivity contribution in [3.05, 3.63) is 5.01 Å². The molecule has 0 aromatic carbocycles. The first-order chi connectivity index (χ1) is 11.6. The Balaban J connectivity index is 1.80. The average molecular weight is 354 g/mol. The monoisotopic (exact) mass is 354 g/mol. The van der Waals surface area contributed by atoms with Gasteiger partial charge < -0.3 is 15.8 Å². The molecular weight excluding hydrogens is 328 g/mol. The summed E-state index contributed by atoms with van der Waals surface area (Å²) in [4.78, 5) is 23.4. The van der Waals surface area contributed by atoms with E-state index in [1.807, 2.05) is 0 Å². The fourth-order valence-corrected chi connectivity index (χ4v) is 3.95. The van der Waals surface area contributed by atoms with E-state index < -0.39 is 0 Å². The summed E-state index contributed by atoms with van der Waals surface area (Å²) in [6, 6.07) is 0. The van der Waals surface area contributed by atoms with Gasteiger partial charge in [0, 0.05) is 19.3 Å². The molecule has 7 nitrogen and oxygen atoms in total. The lowest BCUT2D eigenvalue weighted by molar-refractivity contribution is -0.140. The Morgan fingerprint density at radius 2 is 2.04 bits per heavy atom. The number of hydrogen-bond acceptors (Lipinski definition) is 7. The van der Waals surface area contributed by atoms with E-state index >= 15 is 0 Å². The van der Waals surface area contributed by atoms with E-state index in [0.29, 0.717) is 37.4 Å². The van der Waals surface area contributed by atoms with E-state index in [0.717, 1.165) is 30.7 Å². The van der Waals surface area contributed by atoms with E-state index in [-0.39, 0.29) is 17.3 Å². The van der Waals surface area contributed by atoms with Gasteiger partial charge in [-0.2, -0.15) is 0 Å². The van der Waals surface area contributed by atoms with Crippen LogP contribution in [-0.4, -0.2) is 35.7 Å². The molecule has 0 spiro atoms. The van der Waals surface area contributed by atoms with E-state index in [1.54, 1.807) is 0 Å². The predicted molar refractivity (Wildman–Crippen MR) is 92.7 cm³/mol. The van der Waals surface area contributed by atoms with Crippen LogP contribution in [0.15, 0.2) is 0 Å². The Labute approximate surface area is 146 Å². The number of rotatable bonds is 8. The van der Waals surface area contributed by atoms with Gasteiger partial charge in [-0.25, -0.2) is 0 Å². The average Bonchev–Trinajstić information content (AvgIpc) is 3.02. The summed E-state index contributed by atoms with van der Waals surface area (Å²) in [5.74, 6) is -0.271. The number of amides is 1. The lowest BCUT2D eigenvalue weighted by atomic mass is 9.72. The molecule has 3 N–H and O–H groups in total. The van der Waals surface area contributed by atoms with Crippen molar-refractivity contribution < 1.29 is 14.3 Å². The third kappa shape index (κ3) is 5.52. The summed E-state index contributed by atoms with van der Waals surface area (Å²) < 4.78 is 4.60. The van der Waals surface area contributed by atoms with Crippen LogP contribution in [0.3, 0.4) is 0 Å². The molecule has 1 aromatic heterocycles. The van der Waals surface area contributed by atoms with Gasteiger partial charge in [0.15, 0.2) is 0 Å². The molecule has 8 heteroatoms. The van der Waals surface area contributed by atoms with Gasteiger partial charge in [0.05, 0.1) is 7.11 Å². The maximum absolute atomic E-state index is 12.3. The van der Waals surface area contributed by atoms with Crippen LogP contribution in [0.2, 0.25) is 0 Å². The minimum absolute atomic E-state index is 0.0420. The summed E-state index contributed by atoms with van der Waals surface area (Å²) in [5.41, 5.74) is 5.87. The lowest BCUT2D eigenvalue weighted by Crippen LogP contribution is -2.36. The van der Waals surface area contributed by atoms with Crippen molar-refractivity contribution in [3.8, 4) is 0 Å². The lowest BCUT2D eigenvalue weighted by Gasteiger charge is -2.35. The van der Waals surface area contributed by atoms with Crippen LogP contribution < -0.4 is 11.1 Å². The van der Waals surface area contributed by atoms with Crippen LogP contribution in [0.5, 0.6) is 0 Å². The molecule has 0 radical (unpaired) electrons. The molecule has 0 atom stereocenters. The van der Waals surface area contributed by atoms with Crippen molar-refractivity contribution in [2.75, 3.05) is 19.0 Å². The maximum atomic E-state index is 12.3. The molecular formula is C16H26N4O3S. The number of anilines is 1. The van der Waals surface area contributed by atoms with E-state index in [9.17, 15) is 9.59 Å². The van der Waals surface area contributed by atoms with Gasteiger partial charge in [-0.05, 0) is 31.2 Å². The molecule has 1 heterocycles. The zero-order valence-electron chi connectivity index (χ0n) is 14.2. The summed E-state index contributed by atoms with van der Waals surface area (Å²) in [6.45, 7) is 0.551. The largest absolute Gasteiger partial charge is 0.469 e. The van der Waals surface area contributed by atoms with Gasteiger partial charge >= 0.3 is 5.97 Å². The molecule has 134 valence electrons. The second-order valence-corrected chi connectivity index (χ2v) is 7.48. The standard InChI is InChI=1S/C16H26N4O3S/c1-23-14(22)7-5-6-13-19-20-15(24-13)18-12(21)10-16(11-17)8-3-2-4-9-16/h2-11,17H2,1H3,(H,18,20,21). The molecule has 1 fully saturated rings. The van der Waals surface area contributed by atoms with Crippen molar-refractivity contribution >= 4 is 28.3 Å². The molecule has 2 rings (SSSR count). The summed E-state index contributed by atoms with van der Waals surface area (Å²) in [7, 11) is 1.38. The number of nitrogens with zero attached hydrogens (tertiary/aromatic N) is 2. The number of carbonyl (C=O) groups excluding carboxylic acids is 2. The van der Waals surface area contributed by atoms with Crippen molar-refractivity contribution in [1.29, 1.82) is 0 Å². The molecule has 0 unspecified atom stereocenters. The number of esters is 1. The fourth-order valence-electron chi connectivity index (χ4n) is 3.15. The molecule has 24 heavy (non-hydrogen) atoms. The Bertz CT molecular complexity index is 555. The number of carbonyl (C=O) groups is 2. The molecule has 0 bridgehead atoms. The zero-order chi connectivity index (χ0) is 17.4. The third-order valence-corrected chi connectivity index (χ3v) is 5.49. The summed E-state index contributed by atoms with van der Waals surface area (Å²) >= 11 is 1.35. The highest BCUT2D eigenvalue weighted by Crippen LogP contribution is 2.38. The number of nitrogens with two attached hydrogens (primary N) is 1. The number of hydrogen-bond donors (Lipinski definition) is 2. The molecule has 1 amide bonds. The number of aromatic nitrogens is 2. The normalized spacial score (nSPS) is 16.6. The number of methoxy groups -OCH3 is 1. The molecule has 0 aliphatic heterocycles. The SMILES string of the molecule is COC(=O)CCCc1nnc(NC(=O)CC2(CN)CCCCC2)s1. The van der Waals surface area contributed by atoms with E-state index in [4.69, 9.17) is 5.73 Å². The third-order valence-electron chi connectivity index (χ3n) is 4.60. The minimum atomic E-state index is -0.229. The smallest absolute Gasteiger partial charge is 0.305 e. The highest BCUT2D eigenvalue weighted by atomic mass is 32.1. The van der Waals surface area contributed by atoms with Crippen LogP contribution >= 0.6 is 11.3 Å². The van der Waals surface area contributed by atoms with Crippen LogP contribution in [-0.2, 0) is 20.7 Å². The van der Waals surface area contributed by atoms with Crippen LogP contribution in [0.4, 0.5) is 5.13 Å². The van der Waals surface area contributed by atoms with Crippen LogP contribution in [0.1, 0.15) is 56.4 Å². The second-order valence-electron chi connectivity index (χ2n) is 6.42. The number of aryl methyl sites for hydroxylation is 1. The van der Waals surface area contributed by atoms with Gasteiger partial charge in [0.25, 0.3) is 0 Å². The zero-order valence-corrected chi connectivity index (χ0v) is 15.0. The first kappa shape index (κ1) is 18.8. The minimum Gasteiger partial charge on any atom is -0.469 e. The Morgan fingerprint density at radius 1 is 1.29 bits per heavy atom. The van der Waals surface area contributed by atoms with E-state index in [1.165, 1.54) is 24.9 Å². The Morgan fingerprint density at radius 3 is 2.71 bits per heavy atom. The van der Waals surface area contributed by atoms with Crippen molar-refractivity contribution in [2.45, 2.75) is 57.8 Å². The van der Waals surface area contributed by atoms with E-state index in [2.05, 4.69) is 20.3 Å². The van der Waals surface area contributed by atoms with Crippen LogP contribution in [0, 0.1) is 5.41 Å². The predicted octanol–water partition coefficient (Wildman–Crippen LogP) is 2.27. The second kappa shape index (κ2) is 9.08. The molecule has 0 saturated heterocycles.